The normalized spacial score (nSPS) is 21.8. The Morgan fingerprint density at radius 1 is 1.39 bits per heavy atom. The van der Waals surface area contributed by atoms with Gasteiger partial charge in [0.1, 0.15) is 0 Å². The number of hydrogen-bond donors (Lipinski definition) is 2. The van der Waals surface area contributed by atoms with Crippen LogP contribution in [-0.4, -0.2) is 19.6 Å². The van der Waals surface area contributed by atoms with Gasteiger partial charge in [-0.25, -0.2) is 0 Å². The van der Waals surface area contributed by atoms with E-state index in [4.69, 9.17) is 11.6 Å². The fourth-order valence-corrected chi connectivity index (χ4v) is 2.73. The second-order valence-corrected chi connectivity index (χ2v) is 5.57. The molecule has 2 N–H and O–H groups in total. The van der Waals surface area contributed by atoms with E-state index < -0.39 is 0 Å². The van der Waals surface area contributed by atoms with E-state index >= 15 is 0 Å². The van der Waals surface area contributed by atoms with Gasteiger partial charge >= 0.3 is 0 Å². The first-order chi connectivity index (χ1) is 8.79. The molecule has 1 heterocycles. The van der Waals surface area contributed by atoms with Crippen molar-refractivity contribution in [2.45, 2.75) is 32.2 Å². The van der Waals surface area contributed by atoms with Crippen LogP contribution in [0.4, 0.5) is 0 Å². The van der Waals surface area contributed by atoms with Gasteiger partial charge in [-0.1, -0.05) is 30.7 Å². The molecule has 1 aliphatic rings. The minimum atomic E-state index is 0.448. The molecule has 1 fully saturated rings. The topological polar surface area (TPSA) is 24.1 Å². The second-order valence-electron chi connectivity index (χ2n) is 5.13. The van der Waals surface area contributed by atoms with E-state index in [9.17, 15) is 0 Å². The van der Waals surface area contributed by atoms with Gasteiger partial charge in [-0.2, -0.15) is 0 Å². The molecule has 1 saturated heterocycles. The fourth-order valence-electron chi connectivity index (χ4n) is 2.60. The highest BCUT2D eigenvalue weighted by molar-refractivity contribution is 6.30. The highest BCUT2D eigenvalue weighted by atomic mass is 35.5. The smallest absolute Gasteiger partial charge is 0.0406 e. The van der Waals surface area contributed by atoms with E-state index in [2.05, 4.69) is 29.7 Å². The Bertz CT molecular complexity index is 344. The van der Waals surface area contributed by atoms with Crippen LogP contribution in [0.3, 0.4) is 0 Å². The first kappa shape index (κ1) is 13.9. The molecule has 18 heavy (non-hydrogen) atoms. The molecule has 3 heteroatoms. The Hall–Kier alpha value is -0.570. The zero-order valence-electron chi connectivity index (χ0n) is 11.1. The fraction of sp³-hybridized carbons (Fsp3) is 0.600. The van der Waals surface area contributed by atoms with E-state index in [1.54, 1.807) is 0 Å². The third-order valence-corrected chi connectivity index (χ3v) is 3.98. The predicted octanol–water partition coefficient (Wildman–Crippen LogP) is 3.38. The number of piperidine rings is 1. The summed E-state index contributed by atoms with van der Waals surface area (Å²) in [6, 6.07) is 8.65. The van der Waals surface area contributed by atoms with Gasteiger partial charge in [-0.05, 0) is 62.5 Å². The number of benzene rings is 1. The molecule has 2 unspecified atom stereocenters. The molecule has 0 aromatic heterocycles. The Labute approximate surface area is 115 Å². The summed E-state index contributed by atoms with van der Waals surface area (Å²) in [5.74, 6) is 0.778. The highest BCUT2D eigenvalue weighted by Crippen LogP contribution is 2.20. The Kier molecular flexibility index (Phi) is 5.48. The van der Waals surface area contributed by atoms with Gasteiger partial charge in [0, 0.05) is 11.1 Å². The van der Waals surface area contributed by atoms with Crippen LogP contribution >= 0.6 is 11.6 Å². The van der Waals surface area contributed by atoms with Gasteiger partial charge in [0.2, 0.25) is 0 Å². The molecule has 2 rings (SSSR count). The average molecular weight is 267 g/mol. The Morgan fingerprint density at radius 2 is 2.17 bits per heavy atom. The summed E-state index contributed by atoms with van der Waals surface area (Å²) in [6.07, 6.45) is 3.77. The summed E-state index contributed by atoms with van der Waals surface area (Å²) in [5, 5.41) is 7.97. The Morgan fingerprint density at radius 3 is 2.78 bits per heavy atom. The van der Waals surface area contributed by atoms with E-state index in [-0.39, 0.29) is 0 Å². The predicted molar refractivity (Wildman–Crippen MR) is 78.1 cm³/mol. The van der Waals surface area contributed by atoms with Gasteiger partial charge in [-0.3, -0.25) is 0 Å². The standard InChI is InChI=1S/C15H23ClN2/c1-2-15(13-5-7-14(16)8-6-13)18-11-12-4-3-9-17-10-12/h5-8,12,15,17-18H,2-4,9-11H2,1H3. The third kappa shape index (κ3) is 3.98. The summed E-state index contributed by atoms with van der Waals surface area (Å²) >= 11 is 5.93. The highest BCUT2D eigenvalue weighted by Gasteiger charge is 2.15. The van der Waals surface area contributed by atoms with Gasteiger partial charge < -0.3 is 10.6 Å². The summed E-state index contributed by atoms with van der Waals surface area (Å²) in [5.41, 5.74) is 1.34. The lowest BCUT2D eigenvalue weighted by Crippen LogP contribution is -2.37. The van der Waals surface area contributed by atoms with Crippen LogP contribution in [0, 0.1) is 5.92 Å². The minimum absolute atomic E-state index is 0.448. The Balaban J connectivity index is 1.86. The van der Waals surface area contributed by atoms with Crippen molar-refractivity contribution in [2.24, 2.45) is 5.92 Å². The van der Waals surface area contributed by atoms with Crippen molar-refractivity contribution >= 4 is 11.6 Å². The van der Waals surface area contributed by atoms with Crippen molar-refractivity contribution in [3.8, 4) is 0 Å². The minimum Gasteiger partial charge on any atom is -0.316 e. The quantitative estimate of drug-likeness (QED) is 0.854. The monoisotopic (exact) mass is 266 g/mol. The zero-order chi connectivity index (χ0) is 12.8. The molecular formula is C15H23ClN2. The first-order valence-corrected chi connectivity index (χ1v) is 7.37. The number of nitrogens with one attached hydrogen (secondary N) is 2. The molecule has 0 amide bonds. The van der Waals surface area contributed by atoms with Crippen LogP contribution in [0.2, 0.25) is 5.02 Å². The molecule has 0 spiro atoms. The van der Waals surface area contributed by atoms with Crippen LogP contribution in [-0.2, 0) is 0 Å². The summed E-state index contributed by atoms with van der Waals surface area (Å²) in [4.78, 5) is 0. The van der Waals surface area contributed by atoms with E-state index in [0.717, 1.165) is 30.5 Å². The van der Waals surface area contributed by atoms with Crippen molar-refractivity contribution < 1.29 is 0 Å². The van der Waals surface area contributed by atoms with E-state index in [1.807, 2.05) is 12.1 Å². The average Bonchev–Trinajstić information content (AvgIpc) is 2.42. The molecule has 2 nitrogen and oxygen atoms in total. The number of hydrogen-bond acceptors (Lipinski definition) is 2. The van der Waals surface area contributed by atoms with Crippen molar-refractivity contribution in [3.63, 3.8) is 0 Å². The van der Waals surface area contributed by atoms with E-state index in [0.29, 0.717) is 6.04 Å². The van der Waals surface area contributed by atoms with Crippen LogP contribution in [0.5, 0.6) is 0 Å². The molecule has 100 valence electrons. The molecule has 0 bridgehead atoms. The third-order valence-electron chi connectivity index (χ3n) is 3.73. The SMILES string of the molecule is CCC(NCC1CCCNC1)c1ccc(Cl)cc1. The van der Waals surface area contributed by atoms with Crippen LogP contribution in [0.15, 0.2) is 24.3 Å². The molecule has 1 aromatic rings. The van der Waals surface area contributed by atoms with Gasteiger partial charge in [-0.15, -0.1) is 0 Å². The maximum Gasteiger partial charge on any atom is 0.0406 e. The summed E-state index contributed by atoms with van der Waals surface area (Å²) < 4.78 is 0. The lowest BCUT2D eigenvalue weighted by atomic mass is 9.98. The molecular weight excluding hydrogens is 244 g/mol. The second kappa shape index (κ2) is 7.13. The van der Waals surface area contributed by atoms with Crippen molar-refractivity contribution in [3.05, 3.63) is 34.9 Å². The van der Waals surface area contributed by atoms with Gasteiger partial charge in [0.15, 0.2) is 0 Å². The molecule has 0 saturated carbocycles. The molecule has 0 radical (unpaired) electrons. The van der Waals surface area contributed by atoms with E-state index in [1.165, 1.54) is 24.9 Å². The molecule has 1 aliphatic heterocycles. The maximum atomic E-state index is 5.93. The van der Waals surface area contributed by atoms with Crippen LogP contribution in [0.25, 0.3) is 0 Å². The zero-order valence-corrected chi connectivity index (χ0v) is 11.8. The number of halogens is 1. The van der Waals surface area contributed by atoms with Crippen LogP contribution < -0.4 is 10.6 Å². The first-order valence-electron chi connectivity index (χ1n) is 6.99. The maximum absolute atomic E-state index is 5.93. The van der Waals surface area contributed by atoms with Crippen molar-refractivity contribution in [1.29, 1.82) is 0 Å². The van der Waals surface area contributed by atoms with Crippen molar-refractivity contribution in [2.75, 3.05) is 19.6 Å². The van der Waals surface area contributed by atoms with Crippen LogP contribution in [0.1, 0.15) is 37.8 Å². The number of rotatable bonds is 5. The lowest BCUT2D eigenvalue weighted by Gasteiger charge is -2.26. The van der Waals surface area contributed by atoms with Crippen molar-refractivity contribution in [1.82, 2.24) is 10.6 Å². The molecule has 0 aliphatic carbocycles. The van der Waals surface area contributed by atoms with Gasteiger partial charge in [0.05, 0.1) is 0 Å². The summed E-state index contributed by atoms with van der Waals surface area (Å²) in [7, 11) is 0. The molecule has 1 aromatic carbocycles. The molecule has 2 atom stereocenters. The lowest BCUT2D eigenvalue weighted by molar-refractivity contribution is 0.342. The van der Waals surface area contributed by atoms with Gasteiger partial charge in [0.25, 0.3) is 0 Å². The largest absolute Gasteiger partial charge is 0.316 e. The summed E-state index contributed by atoms with van der Waals surface area (Å²) in [6.45, 7) is 5.68.